The van der Waals surface area contributed by atoms with E-state index in [0.717, 1.165) is 5.56 Å². The molecule has 1 fully saturated rings. The van der Waals surface area contributed by atoms with Crippen molar-refractivity contribution in [2.45, 2.75) is 17.1 Å². The summed E-state index contributed by atoms with van der Waals surface area (Å²) >= 11 is 6.71. The highest BCUT2D eigenvalue weighted by Crippen LogP contribution is 2.54. The molecule has 0 radical (unpaired) electrons. The van der Waals surface area contributed by atoms with Crippen molar-refractivity contribution in [3.63, 3.8) is 0 Å². The third-order valence-corrected chi connectivity index (χ3v) is 5.92. The largest absolute Gasteiger partial charge is 0.376 e. The lowest BCUT2D eigenvalue weighted by Crippen LogP contribution is -2.08. The van der Waals surface area contributed by atoms with Crippen LogP contribution in [0.2, 0.25) is 0 Å². The second-order valence-corrected chi connectivity index (χ2v) is 6.11. The van der Waals surface area contributed by atoms with Crippen LogP contribution in [0.25, 0.3) is 0 Å². The van der Waals surface area contributed by atoms with Crippen LogP contribution in [0.15, 0.2) is 30.3 Å². The molecule has 0 N–H and O–H groups in total. The Morgan fingerprint density at radius 3 is 2.56 bits per heavy atom. The van der Waals surface area contributed by atoms with E-state index >= 15 is 0 Å². The predicted octanol–water partition coefficient (Wildman–Crippen LogP) is 3.70. The van der Waals surface area contributed by atoms with Crippen molar-refractivity contribution in [3.8, 4) is 0 Å². The molecule has 4 heteroatoms. The summed E-state index contributed by atoms with van der Waals surface area (Å²) in [7, 11) is 0. The van der Waals surface area contributed by atoms with Gasteiger partial charge in [0.25, 0.3) is 0 Å². The standard InChI is InChI=1S/C12H13Br2FO/c13-8-12(14)10(11(12)15)7-16-6-9-4-2-1-3-5-9/h1-5,10-11H,6-8H2. The molecule has 1 aromatic rings. The van der Waals surface area contributed by atoms with Crippen LogP contribution in [0.3, 0.4) is 0 Å². The minimum atomic E-state index is -0.803. The summed E-state index contributed by atoms with van der Waals surface area (Å²) in [5, 5.41) is 0.626. The van der Waals surface area contributed by atoms with Crippen LogP contribution in [0.4, 0.5) is 4.39 Å². The summed E-state index contributed by atoms with van der Waals surface area (Å²) in [6.07, 6.45) is -0.803. The molecular formula is C12H13Br2FO. The summed E-state index contributed by atoms with van der Waals surface area (Å²) in [6, 6.07) is 9.93. The van der Waals surface area contributed by atoms with Crippen LogP contribution < -0.4 is 0 Å². The monoisotopic (exact) mass is 350 g/mol. The molecule has 1 aliphatic rings. The molecule has 0 bridgehead atoms. The first-order chi connectivity index (χ1) is 7.68. The lowest BCUT2D eigenvalue weighted by Gasteiger charge is -2.05. The average molecular weight is 352 g/mol. The zero-order valence-corrected chi connectivity index (χ0v) is 11.9. The van der Waals surface area contributed by atoms with Gasteiger partial charge < -0.3 is 4.74 Å². The molecule has 1 saturated carbocycles. The Hall–Kier alpha value is 0.0700. The highest BCUT2D eigenvalue weighted by Gasteiger charge is 2.63. The second-order valence-electron chi connectivity index (χ2n) is 4.07. The van der Waals surface area contributed by atoms with Gasteiger partial charge in [-0.25, -0.2) is 4.39 Å². The van der Waals surface area contributed by atoms with Gasteiger partial charge in [-0.1, -0.05) is 62.2 Å². The van der Waals surface area contributed by atoms with Gasteiger partial charge in [0.1, 0.15) is 6.17 Å². The molecule has 0 aliphatic heterocycles. The molecule has 16 heavy (non-hydrogen) atoms. The molecule has 1 aliphatic carbocycles. The molecule has 2 rings (SSSR count). The third kappa shape index (κ3) is 2.49. The number of rotatable bonds is 5. The Balaban J connectivity index is 1.74. The number of ether oxygens (including phenoxy) is 1. The van der Waals surface area contributed by atoms with Gasteiger partial charge in [0.15, 0.2) is 0 Å². The molecular weight excluding hydrogens is 339 g/mol. The van der Waals surface area contributed by atoms with Crippen molar-refractivity contribution < 1.29 is 9.13 Å². The molecule has 0 saturated heterocycles. The first kappa shape index (κ1) is 12.5. The Morgan fingerprint density at radius 2 is 2.00 bits per heavy atom. The Kier molecular flexibility index (Phi) is 4.03. The van der Waals surface area contributed by atoms with E-state index in [0.29, 0.717) is 18.5 Å². The minimum absolute atomic E-state index is 0.0319. The van der Waals surface area contributed by atoms with E-state index in [2.05, 4.69) is 31.9 Å². The van der Waals surface area contributed by atoms with Gasteiger partial charge in [-0.3, -0.25) is 0 Å². The highest BCUT2D eigenvalue weighted by molar-refractivity contribution is 9.12. The fourth-order valence-electron chi connectivity index (χ4n) is 1.71. The molecule has 3 atom stereocenters. The van der Waals surface area contributed by atoms with Gasteiger partial charge in [0.2, 0.25) is 0 Å². The summed E-state index contributed by atoms with van der Waals surface area (Å²) in [5.41, 5.74) is 1.12. The van der Waals surface area contributed by atoms with Crippen molar-refractivity contribution in [2.75, 3.05) is 11.9 Å². The SMILES string of the molecule is FC1C(COCc2ccccc2)C1(Br)CBr. The van der Waals surface area contributed by atoms with Crippen molar-refractivity contribution in [3.05, 3.63) is 35.9 Å². The quantitative estimate of drug-likeness (QED) is 0.735. The fourth-order valence-corrected chi connectivity index (χ4v) is 2.99. The predicted molar refractivity (Wildman–Crippen MR) is 69.9 cm³/mol. The van der Waals surface area contributed by atoms with Gasteiger partial charge in [0.05, 0.1) is 17.5 Å². The van der Waals surface area contributed by atoms with Crippen LogP contribution in [-0.2, 0) is 11.3 Å². The number of alkyl halides is 3. The number of benzene rings is 1. The first-order valence-electron chi connectivity index (χ1n) is 5.19. The lowest BCUT2D eigenvalue weighted by atomic mass is 10.2. The van der Waals surface area contributed by atoms with Gasteiger partial charge in [0, 0.05) is 11.2 Å². The van der Waals surface area contributed by atoms with Crippen LogP contribution in [0.5, 0.6) is 0 Å². The van der Waals surface area contributed by atoms with E-state index in [4.69, 9.17) is 4.74 Å². The van der Waals surface area contributed by atoms with E-state index < -0.39 is 10.5 Å². The maximum Gasteiger partial charge on any atom is 0.123 e. The van der Waals surface area contributed by atoms with E-state index in [1.807, 2.05) is 30.3 Å². The van der Waals surface area contributed by atoms with Gasteiger partial charge in [-0.05, 0) is 5.56 Å². The summed E-state index contributed by atoms with van der Waals surface area (Å²) in [4.78, 5) is 0. The number of hydrogen-bond acceptors (Lipinski definition) is 1. The lowest BCUT2D eigenvalue weighted by molar-refractivity contribution is 0.105. The van der Waals surface area contributed by atoms with Gasteiger partial charge in [-0.2, -0.15) is 0 Å². The Morgan fingerprint density at radius 1 is 1.31 bits per heavy atom. The average Bonchev–Trinajstić information content (AvgIpc) is 2.84. The van der Waals surface area contributed by atoms with Crippen LogP contribution >= 0.6 is 31.9 Å². The van der Waals surface area contributed by atoms with Crippen LogP contribution in [0.1, 0.15) is 5.56 Å². The Bertz CT molecular complexity index is 346. The van der Waals surface area contributed by atoms with Crippen LogP contribution in [0, 0.1) is 5.92 Å². The zero-order valence-electron chi connectivity index (χ0n) is 8.70. The molecule has 88 valence electrons. The van der Waals surface area contributed by atoms with Crippen molar-refractivity contribution in [1.29, 1.82) is 0 Å². The number of hydrogen-bond donors (Lipinski definition) is 0. The molecule has 0 spiro atoms. The zero-order chi connectivity index (χ0) is 11.6. The van der Waals surface area contributed by atoms with Crippen molar-refractivity contribution in [1.82, 2.24) is 0 Å². The molecule has 0 aromatic heterocycles. The maximum atomic E-state index is 13.4. The highest BCUT2D eigenvalue weighted by atomic mass is 79.9. The van der Waals surface area contributed by atoms with E-state index in [1.54, 1.807) is 0 Å². The normalized spacial score (nSPS) is 32.7. The van der Waals surface area contributed by atoms with Crippen molar-refractivity contribution >= 4 is 31.9 Å². The van der Waals surface area contributed by atoms with Crippen LogP contribution in [-0.4, -0.2) is 22.4 Å². The number of halogens is 3. The smallest absolute Gasteiger partial charge is 0.123 e. The van der Waals surface area contributed by atoms with E-state index in [1.165, 1.54) is 0 Å². The van der Waals surface area contributed by atoms with Crippen molar-refractivity contribution in [2.24, 2.45) is 5.92 Å². The molecule has 0 amide bonds. The molecule has 1 aromatic carbocycles. The molecule has 0 heterocycles. The van der Waals surface area contributed by atoms with E-state index in [-0.39, 0.29) is 5.92 Å². The van der Waals surface area contributed by atoms with Gasteiger partial charge in [-0.15, -0.1) is 0 Å². The molecule has 1 nitrogen and oxygen atoms in total. The second kappa shape index (κ2) is 5.15. The summed E-state index contributed by atoms with van der Waals surface area (Å²) in [6.45, 7) is 1.02. The maximum absolute atomic E-state index is 13.4. The molecule has 3 unspecified atom stereocenters. The third-order valence-electron chi connectivity index (χ3n) is 2.93. The first-order valence-corrected chi connectivity index (χ1v) is 7.10. The topological polar surface area (TPSA) is 9.23 Å². The van der Waals surface area contributed by atoms with E-state index in [9.17, 15) is 4.39 Å². The summed E-state index contributed by atoms with van der Waals surface area (Å²) in [5.74, 6) is -0.0319. The Labute approximate surface area is 112 Å². The fraction of sp³-hybridized carbons (Fsp3) is 0.500. The summed E-state index contributed by atoms with van der Waals surface area (Å²) < 4.78 is 18.5. The van der Waals surface area contributed by atoms with Gasteiger partial charge >= 0.3 is 0 Å². The minimum Gasteiger partial charge on any atom is -0.376 e.